The van der Waals surface area contributed by atoms with Crippen molar-refractivity contribution in [1.29, 1.82) is 0 Å². The second kappa shape index (κ2) is 12.4. The Kier molecular flexibility index (Phi) is 8.29. The van der Waals surface area contributed by atoms with Gasteiger partial charge >= 0.3 is 5.97 Å². The summed E-state index contributed by atoms with van der Waals surface area (Å²) < 4.78 is 32.0. The van der Waals surface area contributed by atoms with Crippen molar-refractivity contribution >= 4 is 17.0 Å². The van der Waals surface area contributed by atoms with Crippen LogP contribution in [-0.2, 0) is 24.6 Å². The summed E-state index contributed by atoms with van der Waals surface area (Å²) in [6, 6.07) is 23.8. The van der Waals surface area contributed by atoms with E-state index in [1.165, 1.54) is 0 Å². The van der Waals surface area contributed by atoms with E-state index in [4.69, 9.17) is 14.1 Å². The zero-order valence-electron chi connectivity index (χ0n) is 21.3. The van der Waals surface area contributed by atoms with Crippen LogP contribution in [-0.4, -0.2) is 39.1 Å². The first kappa shape index (κ1) is 26.8. The molecule has 0 fully saturated rings. The van der Waals surface area contributed by atoms with E-state index in [2.05, 4.69) is 15.6 Å². The molecule has 0 aliphatic carbocycles. The number of aliphatic carboxylic acids is 1. The number of nitrogens with zero attached hydrogens (tertiary/aromatic N) is 2. The Hall–Kier alpha value is -4.80. The van der Waals surface area contributed by atoms with Crippen molar-refractivity contribution in [3.8, 4) is 22.6 Å². The van der Waals surface area contributed by atoms with E-state index in [9.17, 15) is 15.0 Å². The zero-order chi connectivity index (χ0) is 27.9. The number of hydrogen-bond donors (Lipinski definition) is 3. The van der Waals surface area contributed by atoms with E-state index < -0.39 is 18.6 Å². The van der Waals surface area contributed by atoms with Crippen LogP contribution >= 0.6 is 0 Å². The molecule has 10 heteroatoms. The maximum atomic E-state index is 15.3. The van der Waals surface area contributed by atoms with Crippen molar-refractivity contribution in [2.75, 3.05) is 6.61 Å². The highest BCUT2D eigenvalue weighted by Gasteiger charge is 2.17. The number of rotatable bonds is 12. The third-order valence-corrected chi connectivity index (χ3v) is 6.33. The van der Waals surface area contributed by atoms with Gasteiger partial charge in [0.2, 0.25) is 0 Å². The number of carboxylic acids is 1. The van der Waals surface area contributed by atoms with Crippen LogP contribution in [0.2, 0.25) is 0 Å². The number of aliphatic hydroxyl groups excluding tert-OH is 1. The normalized spacial score (nSPS) is 11.8. The van der Waals surface area contributed by atoms with E-state index in [0.717, 1.165) is 11.1 Å². The quantitative estimate of drug-likeness (QED) is 0.205. The molecule has 0 saturated heterocycles. The fourth-order valence-corrected chi connectivity index (χ4v) is 4.14. The van der Waals surface area contributed by atoms with Gasteiger partial charge in [0.05, 0.1) is 6.61 Å². The van der Waals surface area contributed by atoms with Gasteiger partial charge in [0.1, 0.15) is 47.6 Å². The van der Waals surface area contributed by atoms with Gasteiger partial charge in [-0.1, -0.05) is 60.7 Å². The van der Waals surface area contributed by atoms with Crippen molar-refractivity contribution in [3.63, 3.8) is 0 Å². The summed E-state index contributed by atoms with van der Waals surface area (Å²) in [6.45, 7) is -0.278. The third kappa shape index (κ3) is 6.25. The van der Waals surface area contributed by atoms with Gasteiger partial charge in [0.15, 0.2) is 0 Å². The van der Waals surface area contributed by atoms with Crippen molar-refractivity contribution < 1.29 is 33.5 Å². The molecule has 0 aliphatic heterocycles. The lowest BCUT2D eigenvalue weighted by molar-refractivity contribution is -0.140. The molecule has 5 aromatic rings. The summed E-state index contributed by atoms with van der Waals surface area (Å²) in [4.78, 5) is 11.3. The summed E-state index contributed by atoms with van der Waals surface area (Å²) in [6.07, 6.45) is 0. The van der Waals surface area contributed by atoms with Gasteiger partial charge in [-0.15, -0.1) is 0 Å². The summed E-state index contributed by atoms with van der Waals surface area (Å²) >= 11 is 0. The van der Waals surface area contributed by atoms with Gasteiger partial charge < -0.3 is 19.7 Å². The van der Waals surface area contributed by atoms with Crippen LogP contribution in [0, 0.1) is 5.82 Å². The minimum atomic E-state index is -1.17. The highest BCUT2D eigenvalue weighted by Crippen LogP contribution is 2.29. The largest absolute Gasteiger partial charge is 0.489 e. The minimum absolute atomic E-state index is 0.00896. The Balaban J connectivity index is 1.34. The summed E-state index contributed by atoms with van der Waals surface area (Å²) in [5.41, 5.74) is 4.33. The summed E-state index contributed by atoms with van der Waals surface area (Å²) in [7, 11) is 0. The van der Waals surface area contributed by atoms with Gasteiger partial charge in [0.25, 0.3) is 0 Å². The van der Waals surface area contributed by atoms with Crippen LogP contribution in [0.3, 0.4) is 0 Å². The molecule has 0 saturated carbocycles. The standard InChI is InChI=1S/C30H26FN3O6/c31-29-22(7-4-8-24(29)20-5-2-1-3-6-20)18-38-23-11-10-21(15-32-27(16-35)30(36)37)28(14-23)39-17-19-9-12-25-26(13-19)34-40-33-25/h1-14,27,32,35H,15-18H2,(H,36,37). The first-order chi connectivity index (χ1) is 19.5. The average molecular weight is 544 g/mol. The Morgan fingerprint density at radius 3 is 2.52 bits per heavy atom. The van der Waals surface area contributed by atoms with E-state index in [-0.39, 0.29) is 25.6 Å². The second-order valence-corrected chi connectivity index (χ2v) is 9.03. The fraction of sp³-hybridized carbons (Fsp3) is 0.167. The number of hydrogen-bond acceptors (Lipinski definition) is 8. The van der Waals surface area contributed by atoms with Crippen LogP contribution < -0.4 is 14.8 Å². The second-order valence-electron chi connectivity index (χ2n) is 9.03. The van der Waals surface area contributed by atoms with Crippen LogP contribution in [0.15, 0.2) is 89.6 Å². The molecular formula is C30H26FN3O6. The molecule has 204 valence electrons. The van der Waals surface area contributed by atoms with Gasteiger partial charge in [-0.25, -0.2) is 9.02 Å². The summed E-state index contributed by atoms with van der Waals surface area (Å²) in [5, 5.41) is 29.1. The van der Waals surface area contributed by atoms with Gasteiger partial charge in [-0.3, -0.25) is 10.1 Å². The molecule has 1 heterocycles. The van der Waals surface area contributed by atoms with Crippen LogP contribution in [0.25, 0.3) is 22.2 Å². The van der Waals surface area contributed by atoms with Crippen molar-refractivity contribution in [1.82, 2.24) is 15.6 Å². The highest BCUT2D eigenvalue weighted by atomic mass is 19.1. The Morgan fingerprint density at radius 1 is 0.900 bits per heavy atom. The number of carbonyl (C=O) groups is 1. The van der Waals surface area contributed by atoms with Gasteiger partial charge in [-0.05, 0) is 39.6 Å². The van der Waals surface area contributed by atoms with Crippen LogP contribution in [0.5, 0.6) is 11.5 Å². The van der Waals surface area contributed by atoms with E-state index >= 15 is 4.39 Å². The smallest absolute Gasteiger partial charge is 0.323 e. The predicted octanol–water partition coefficient (Wildman–Crippen LogP) is 4.72. The number of aliphatic hydroxyl groups is 1. The molecule has 0 spiro atoms. The molecule has 1 unspecified atom stereocenters. The Morgan fingerprint density at radius 2 is 1.73 bits per heavy atom. The zero-order valence-corrected chi connectivity index (χ0v) is 21.3. The molecule has 4 aromatic carbocycles. The first-order valence-electron chi connectivity index (χ1n) is 12.5. The SMILES string of the molecule is O=C(O)C(CO)NCc1ccc(OCc2cccc(-c3ccccc3)c2F)cc1OCc1ccc2nonc2c1. The molecule has 0 aliphatic rings. The van der Waals surface area contributed by atoms with Crippen molar-refractivity contribution in [2.45, 2.75) is 25.8 Å². The van der Waals surface area contributed by atoms with Crippen molar-refractivity contribution in [2.24, 2.45) is 0 Å². The van der Waals surface area contributed by atoms with Gasteiger partial charge in [-0.2, -0.15) is 0 Å². The molecule has 3 N–H and O–H groups in total. The van der Waals surface area contributed by atoms with E-state index in [1.54, 1.807) is 48.5 Å². The molecule has 0 radical (unpaired) electrons. The number of nitrogens with one attached hydrogen (secondary N) is 1. The number of halogens is 1. The molecule has 1 aromatic heterocycles. The monoisotopic (exact) mass is 543 g/mol. The van der Waals surface area contributed by atoms with Crippen LogP contribution in [0.4, 0.5) is 4.39 Å². The maximum Gasteiger partial charge on any atom is 0.323 e. The molecule has 0 amide bonds. The topological polar surface area (TPSA) is 127 Å². The number of aromatic nitrogens is 2. The Labute approximate surface area is 228 Å². The lowest BCUT2D eigenvalue weighted by Gasteiger charge is -2.17. The van der Waals surface area contributed by atoms with E-state index in [0.29, 0.717) is 39.2 Å². The summed E-state index contributed by atoms with van der Waals surface area (Å²) in [5.74, 6) is -0.646. The molecule has 0 bridgehead atoms. The van der Waals surface area contributed by atoms with Crippen molar-refractivity contribution in [3.05, 3.63) is 107 Å². The molecule has 9 nitrogen and oxygen atoms in total. The van der Waals surface area contributed by atoms with E-state index in [1.807, 2.05) is 36.4 Å². The number of carboxylic acid groups (broad SMARTS) is 1. The highest BCUT2D eigenvalue weighted by molar-refractivity contribution is 5.74. The predicted molar refractivity (Wildman–Crippen MR) is 144 cm³/mol. The third-order valence-electron chi connectivity index (χ3n) is 6.33. The van der Waals surface area contributed by atoms with Crippen LogP contribution in [0.1, 0.15) is 16.7 Å². The average Bonchev–Trinajstić information content (AvgIpc) is 3.45. The molecule has 1 atom stereocenters. The minimum Gasteiger partial charge on any atom is -0.489 e. The maximum absolute atomic E-state index is 15.3. The van der Waals surface area contributed by atoms with Gasteiger partial charge in [0, 0.05) is 29.3 Å². The number of fused-ring (bicyclic) bond motifs is 1. The molecular weight excluding hydrogens is 517 g/mol. The lowest BCUT2D eigenvalue weighted by Crippen LogP contribution is -2.39. The number of ether oxygens (including phenoxy) is 2. The lowest BCUT2D eigenvalue weighted by atomic mass is 10.0. The first-order valence-corrected chi connectivity index (χ1v) is 12.5. The number of benzene rings is 4. The molecule has 5 rings (SSSR count). The molecule has 40 heavy (non-hydrogen) atoms. The Bertz CT molecular complexity index is 1610. The fourth-order valence-electron chi connectivity index (χ4n) is 4.14.